The highest BCUT2D eigenvalue weighted by Gasteiger charge is 2.24. The van der Waals surface area contributed by atoms with Crippen molar-refractivity contribution in [2.75, 3.05) is 0 Å². The van der Waals surface area contributed by atoms with Gasteiger partial charge in [-0.3, -0.25) is 0 Å². The number of aromatic hydroxyl groups is 1. The Morgan fingerprint density at radius 1 is 1.53 bits per heavy atom. The number of amides is 2. The smallest absolute Gasteiger partial charge is 0.335 e. The van der Waals surface area contributed by atoms with Crippen LogP contribution in [-0.4, -0.2) is 27.9 Å². The van der Waals surface area contributed by atoms with Crippen LogP contribution in [0.5, 0.6) is 5.75 Å². The predicted molar refractivity (Wildman–Crippen MR) is 79.6 cm³/mol. The third-order valence-electron chi connectivity index (χ3n) is 2.21. The van der Waals surface area contributed by atoms with Crippen molar-refractivity contribution >= 4 is 39.8 Å². The molecule has 0 spiro atoms. The number of phenols is 1. The fraction of sp³-hybridized carbons (Fsp3) is 0.333. The van der Waals surface area contributed by atoms with Crippen LogP contribution in [-0.2, 0) is 0 Å². The van der Waals surface area contributed by atoms with E-state index in [1.54, 1.807) is 26.8 Å². The third kappa shape index (κ3) is 4.11. The Morgan fingerprint density at radius 2 is 2.11 bits per heavy atom. The largest absolute Gasteiger partial charge is 0.506 e. The maximum Gasteiger partial charge on any atom is 0.335 e. The lowest BCUT2D eigenvalue weighted by molar-refractivity contribution is 0.158. The van der Waals surface area contributed by atoms with Gasteiger partial charge in [0.25, 0.3) is 0 Å². The van der Waals surface area contributed by atoms with E-state index in [0.717, 1.165) is 5.01 Å². The van der Waals surface area contributed by atoms with E-state index in [0.29, 0.717) is 15.1 Å². The molecule has 1 rings (SSSR count). The van der Waals surface area contributed by atoms with Gasteiger partial charge in [-0.05, 0) is 48.8 Å². The molecule has 0 unspecified atom stereocenters. The normalized spacial score (nSPS) is 11.8. The summed E-state index contributed by atoms with van der Waals surface area (Å²) in [6.07, 6.45) is 1.34. The first-order chi connectivity index (χ1) is 8.62. The molecular formula is C12H15BrClN3O2. The molecule has 0 radical (unpaired) electrons. The summed E-state index contributed by atoms with van der Waals surface area (Å²) in [6.45, 7) is 5.38. The number of carbonyl (C=O) groups is 1. The van der Waals surface area contributed by atoms with Crippen LogP contribution in [0.25, 0.3) is 0 Å². The van der Waals surface area contributed by atoms with Crippen molar-refractivity contribution in [3.63, 3.8) is 0 Å². The molecule has 0 aliphatic rings. The van der Waals surface area contributed by atoms with Crippen molar-refractivity contribution in [2.24, 2.45) is 10.8 Å². The Bertz CT molecular complexity index is 526. The van der Waals surface area contributed by atoms with Crippen LogP contribution >= 0.6 is 27.5 Å². The van der Waals surface area contributed by atoms with Gasteiger partial charge in [0.2, 0.25) is 0 Å². The molecule has 2 amide bonds. The Balaban J connectivity index is 3.14. The van der Waals surface area contributed by atoms with Crippen LogP contribution in [0.3, 0.4) is 0 Å². The van der Waals surface area contributed by atoms with Gasteiger partial charge in [-0.15, -0.1) is 0 Å². The van der Waals surface area contributed by atoms with Gasteiger partial charge in [-0.25, -0.2) is 9.80 Å². The van der Waals surface area contributed by atoms with E-state index in [2.05, 4.69) is 21.0 Å². The maximum atomic E-state index is 11.3. The lowest BCUT2D eigenvalue weighted by atomic mass is 10.1. The molecule has 0 saturated heterocycles. The minimum atomic E-state index is -0.677. The van der Waals surface area contributed by atoms with Crippen LogP contribution in [0, 0.1) is 0 Å². The van der Waals surface area contributed by atoms with Crippen LogP contribution in [0.1, 0.15) is 26.3 Å². The standard InChI is InChI=1S/C12H15BrClN3O2/c1-12(2,3)17(11(15)19)16-6-7-4-8(14)5-9(13)10(7)18/h4-6,18H,1-3H3,(H2,15,19)/b16-6+. The van der Waals surface area contributed by atoms with E-state index in [4.69, 9.17) is 17.3 Å². The molecule has 19 heavy (non-hydrogen) atoms. The van der Waals surface area contributed by atoms with Crippen molar-refractivity contribution in [1.29, 1.82) is 0 Å². The quantitative estimate of drug-likeness (QED) is 0.635. The maximum absolute atomic E-state index is 11.3. The summed E-state index contributed by atoms with van der Waals surface area (Å²) in [5.41, 5.74) is 5.08. The zero-order chi connectivity index (χ0) is 14.8. The highest BCUT2D eigenvalue weighted by Crippen LogP contribution is 2.30. The Labute approximate surface area is 125 Å². The third-order valence-corrected chi connectivity index (χ3v) is 3.04. The van der Waals surface area contributed by atoms with Crippen molar-refractivity contribution in [3.8, 4) is 5.75 Å². The molecule has 3 N–H and O–H groups in total. The Kier molecular flexibility index (Phi) is 4.81. The number of carbonyl (C=O) groups excluding carboxylic acids is 1. The number of primary amides is 1. The van der Waals surface area contributed by atoms with Crippen molar-refractivity contribution in [2.45, 2.75) is 26.3 Å². The number of urea groups is 1. The number of nitrogens with zero attached hydrogens (tertiary/aromatic N) is 2. The van der Waals surface area contributed by atoms with Gasteiger partial charge < -0.3 is 10.8 Å². The number of benzene rings is 1. The van der Waals surface area contributed by atoms with E-state index in [1.807, 2.05) is 0 Å². The summed E-state index contributed by atoms with van der Waals surface area (Å²) in [5, 5.41) is 15.4. The Morgan fingerprint density at radius 3 is 2.58 bits per heavy atom. The molecule has 0 heterocycles. The number of hydrazone groups is 1. The fourth-order valence-electron chi connectivity index (χ4n) is 1.36. The average Bonchev–Trinajstić information content (AvgIpc) is 2.22. The molecule has 0 bridgehead atoms. The van der Waals surface area contributed by atoms with Crippen molar-refractivity contribution < 1.29 is 9.90 Å². The van der Waals surface area contributed by atoms with Gasteiger partial charge in [-0.1, -0.05) is 11.6 Å². The van der Waals surface area contributed by atoms with E-state index in [-0.39, 0.29) is 5.75 Å². The molecule has 0 atom stereocenters. The van der Waals surface area contributed by atoms with E-state index < -0.39 is 11.6 Å². The topological polar surface area (TPSA) is 78.9 Å². The number of phenolic OH excluding ortho intramolecular Hbond substituents is 1. The van der Waals surface area contributed by atoms with Crippen LogP contribution in [0.2, 0.25) is 5.02 Å². The number of rotatable bonds is 2. The van der Waals surface area contributed by atoms with E-state index in [1.165, 1.54) is 12.3 Å². The molecule has 0 fully saturated rings. The first kappa shape index (κ1) is 15.8. The lowest BCUT2D eigenvalue weighted by Gasteiger charge is -2.29. The SMILES string of the molecule is CC(C)(C)N(/N=C/c1cc(Cl)cc(Br)c1O)C(N)=O. The van der Waals surface area contributed by atoms with Crippen LogP contribution in [0.15, 0.2) is 21.7 Å². The summed E-state index contributed by atoms with van der Waals surface area (Å²) >= 11 is 9.05. The van der Waals surface area contributed by atoms with Crippen molar-refractivity contribution in [3.05, 3.63) is 27.2 Å². The molecular weight excluding hydrogens is 334 g/mol. The Hall–Kier alpha value is -1.27. The summed E-state index contributed by atoms with van der Waals surface area (Å²) < 4.78 is 0.447. The zero-order valence-corrected chi connectivity index (χ0v) is 13.2. The second kappa shape index (κ2) is 5.79. The monoisotopic (exact) mass is 347 g/mol. The molecule has 0 aliphatic carbocycles. The minimum absolute atomic E-state index is 0.00789. The van der Waals surface area contributed by atoms with Gasteiger partial charge in [0.05, 0.1) is 16.2 Å². The summed E-state index contributed by atoms with van der Waals surface area (Å²) in [5.74, 6) is -0.00789. The summed E-state index contributed by atoms with van der Waals surface area (Å²) in [6, 6.07) is 2.42. The van der Waals surface area contributed by atoms with Gasteiger partial charge in [0.1, 0.15) is 5.75 Å². The molecule has 0 saturated carbocycles. The van der Waals surface area contributed by atoms with E-state index in [9.17, 15) is 9.90 Å². The summed E-state index contributed by atoms with van der Waals surface area (Å²) in [7, 11) is 0. The molecule has 104 valence electrons. The number of hydrogen-bond acceptors (Lipinski definition) is 3. The molecule has 5 nitrogen and oxygen atoms in total. The first-order valence-electron chi connectivity index (χ1n) is 5.44. The molecule has 7 heteroatoms. The highest BCUT2D eigenvalue weighted by atomic mass is 79.9. The molecule has 1 aromatic rings. The van der Waals surface area contributed by atoms with Crippen LogP contribution < -0.4 is 5.73 Å². The lowest BCUT2D eigenvalue weighted by Crippen LogP contribution is -2.44. The fourth-order valence-corrected chi connectivity index (χ4v) is 2.20. The average molecular weight is 349 g/mol. The number of halogens is 2. The minimum Gasteiger partial charge on any atom is -0.506 e. The second-order valence-corrected chi connectivity index (χ2v) is 6.18. The van der Waals surface area contributed by atoms with Gasteiger partial charge in [0.15, 0.2) is 0 Å². The van der Waals surface area contributed by atoms with Crippen molar-refractivity contribution in [1.82, 2.24) is 5.01 Å². The van der Waals surface area contributed by atoms with Gasteiger partial charge in [-0.2, -0.15) is 5.10 Å². The van der Waals surface area contributed by atoms with Gasteiger partial charge >= 0.3 is 6.03 Å². The highest BCUT2D eigenvalue weighted by molar-refractivity contribution is 9.10. The number of nitrogens with two attached hydrogens (primary N) is 1. The first-order valence-corrected chi connectivity index (χ1v) is 6.61. The molecule has 0 aromatic heterocycles. The van der Waals surface area contributed by atoms with E-state index >= 15 is 0 Å². The second-order valence-electron chi connectivity index (χ2n) is 4.89. The van der Waals surface area contributed by atoms with Gasteiger partial charge in [0, 0.05) is 10.6 Å². The molecule has 0 aliphatic heterocycles. The molecule has 1 aromatic carbocycles. The zero-order valence-electron chi connectivity index (χ0n) is 10.8. The predicted octanol–water partition coefficient (Wildman–Crippen LogP) is 3.32. The summed E-state index contributed by atoms with van der Waals surface area (Å²) in [4.78, 5) is 11.3. The van der Waals surface area contributed by atoms with Crippen LogP contribution in [0.4, 0.5) is 4.79 Å². The number of hydrogen-bond donors (Lipinski definition) is 2.